The number of fused-ring (bicyclic) bond motifs is 3. The van der Waals surface area contributed by atoms with Gasteiger partial charge in [-0.3, -0.25) is 4.40 Å². The number of nitrogens with zero attached hydrogens (tertiary/aromatic N) is 7. The van der Waals surface area contributed by atoms with Crippen LogP contribution in [0.15, 0.2) is 66.1 Å². The van der Waals surface area contributed by atoms with Crippen LogP contribution < -0.4 is 0 Å². The van der Waals surface area contributed by atoms with Gasteiger partial charge >= 0.3 is 0 Å². The van der Waals surface area contributed by atoms with Crippen molar-refractivity contribution >= 4 is 26.8 Å². The molecule has 1 fully saturated rings. The highest BCUT2D eigenvalue weighted by Gasteiger charge is 2.31. The third kappa shape index (κ3) is 3.12. The summed E-state index contributed by atoms with van der Waals surface area (Å²) in [4.78, 5) is 4.63. The van der Waals surface area contributed by atoms with Crippen LogP contribution in [-0.2, 0) is 10.0 Å². The van der Waals surface area contributed by atoms with Crippen LogP contribution in [0.3, 0.4) is 0 Å². The first kappa shape index (κ1) is 20.6. The molecule has 0 radical (unpaired) electrons. The van der Waals surface area contributed by atoms with Gasteiger partial charge in [0.1, 0.15) is 11.9 Å². The molecule has 1 unspecified atom stereocenters. The van der Waals surface area contributed by atoms with Crippen molar-refractivity contribution in [1.29, 1.82) is 5.26 Å². The van der Waals surface area contributed by atoms with Crippen LogP contribution in [0.4, 0.5) is 0 Å². The third-order valence-electron chi connectivity index (χ3n) is 6.67. The number of rotatable bonds is 4. The Morgan fingerprint density at radius 1 is 1.06 bits per heavy atom. The second-order valence-corrected chi connectivity index (χ2v) is 10.6. The van der Waals surface area contributed by atoms with Crippen molar-refractivity contribution in [1.82, 2.24) is 28.1 Å². The molecule has 0 aliphatic heterocycles. The summed E-state index contributed by atoms with van der Waals surface area (Å²) >= 11 is 0. The van der Waals surface area contributed by atoms with Crippen LogP contribution >= 0.6 is 0 Å². The van der Waals surface area contributed by atoms with Gasteiger partial charge in [0.05, 0.1) is 22.2 Å². The second-order valence-electron chi connectivity index (χ2n) is 8.77. The Hall–Kier alpha value is -3.97. The van der Waals surface area contributed by atoms with E-state index in [2.05, 4.69) is 25.8 Å². The lowest BCUT2D eigenvalue weighted by atomic mass is 10.1. The molecule has 0 saturated heterocycles. The lowest BCUT2D eigenvalue weighted by Crippen LogP contribution is -2.13. The van der Waals surface area contributed by atoms with E-state index in [1.54, 1.807) is 36.5 Å². The number of aryl methyl sites for hydroxylation is 1. The minimum absolute atomic E-state index is 0.163. The molecule has 6 rings (SSSR count). The van der Waals surface area contributed by atoms with E-state index in [0.717, 1.165) is 30.7 Å². The summed E-state index contributed by atoms with van der Waals surface area (Å²) in [6.45, 7) is 1.92. The van der Waals surface area contributed by atoms with Gasteiger partial charge in [0.15, 0.2) is 11.3 Å². The molecular formula is C24H21N7O2S. The Bertz CT molecular complexity index is 1690. The Kier molecular flexibility index (Phi) is 4.57. The SMILES string of the molecule is Cc1ccc(S(=O)(=O)n2ccc3c2ncc2nnc(C4CC[C@H](n5ccc(C#N)c5)C4)n23)cc1. The lowest BCUT2D eigenvalue weighted by Gasteiger charge is -2.13. The van der Waals surface area contributed by atoms with E-state index in [1.807, 2.05) is 29.8 Å². The van der Waals surface area contributed by atoms with E-state index >= 15 is 0 Å². The third-order valence-corrected chi connectivity index (χ3v) is 8.36. The van der Waals surface area contributed by atoms with Crippen molar-refractivity contribution in [2.75, 3.05) is 0 Å². The molecule has 0 N–H and O–H groups in total. The minimum Gasteiger partial charge on any atom is -0.350 e. The summed E-state index contributed by atoms with van der Waals surface area (Å²) in [6.07, 6.45) is 9.70. The van der Waals surface area contributed by atoms with Gasteiger partial charge in [0.2, 0.25) is 0 Å². The lowest BCUT2D eigenvalue weighted by molar-refractivity contribution is 0.508. The maximum absolute atomic E-state index is 13.3. The van der Waals surface area contributed by atoms with E-state index in [0.29, 0.717) is 22.4 Å². The summed E-state index contributed by atoms with van der Waals surface area (Å²) in [7, 11) is -3.80. The first-order chi connectivity index (χ1) is 16.5. The standard InChI is InChI=1S/C24H21N7O2S/c1-16-2-6-20(7-3-16)34(32,33)30-11-9-21-24(30)26-14-22-27-28-23(31(21)22)18-4-5-19(12-18)29-10-8-17(13-25)15-29/h2-3,6-11,14-15,18-19H,4-5,12H2,1H3/t18?,19-/m0/s1. The molecular weight excluding hydrogens is 450 g/mol. The minimum atomic E-state index is -3.80. The molecule has 1 saturated carbocycles. The van der Waals surface area contributed by atoms with Crippen LogP contribution in [0.1, 0.15) is 48.2 Å². The predicted molar refractivity (Wildman–Crippen MR) is 125 cm³/mol. The largest absolute Gasteiger partial charge is 0.350 e. The van der Waals surface area contributed by atoms with Crippen molar-refractivity contribution in [3.63, 3.8) is 0 Å². The van der Waals surface area contributed by atoms with Gasteiger partial charge in [-0.05, 0) is 50.5 Å². The molecule has 1 aromatic carbocycles. The topological polar surface area (TPSA) is 111 Å². The summed E-state index contributed by atoms with van der Waals surface area (Å²) in [5.41, 5.74) is 3.23. The molecule has 10 heteroatoms. The number of hydrogen-bond acceptors (Lipinski definition) is 6. The highest BCUT2D eigenvalue weighted by Crippen LogP contribution is 2.41. The number of benzene rings is 1. The monoisotopic (exact) mass is 471 g/mol. The molecule has 34 heavy (non-hydrogen) atoms. The van der Waals surface area contributed by atoms with Crippen LogP contribution in [0.25, 0.3) is 16.8 Å². The molecule has 1 aliphatic rings. The van der Waals surface area contributed by atoms with E-state index in [9.17, 15) is 8.42 Å². The molecule has 0 bridgehead atoms. The molecule has 4 aromatic heterocycles. The predicted octanol–water partition coefficient (Wildman–Crippen LogP) is 3.81. The van der Waals surface area contributed by atoms with E-state index in [-0.39, 0.29) is 16.9 Å². The molecule has 5 aromatic rings. The van der Waals surface area contributed by atoms with Gasteiger partial charge in [0.25, 0.3) is 10.0 Å². The van der Waals surface area contributed by atoms with Crippen molar-refractivity contribution in [3.05, 3.63) is 78.1 Å². The Balaban J connectivity index is 1.40. The Morgan fingerprint density at radius 3 is 2.65 bits per heavy atom. The van der Waals surface area contributed by atoms with Crippen molar-refractivity contribution < 1.29 is 8.42 Å². The summed E-state index contributed by atoms with van der Waals surface area (Å²) in [5.74, 6) is 0.971. The Labute approximate surface area is 196 Å². The fourth-order valence-electron chi connectivity index (χ4n) is 4.90. The van der Waals surface area contributed by atoms with Gasteiger partial charge in [-0.15, -0.1) is 10.2 Å². The smallest absolute Gasteiger partial charge is 0.269 e. The zero-order chi connectivity index (χ0) is 23.4. The summed E-state index contributed by atoms with van der Waals surface area (Å²) in [6, 6.07) is 12.8. The fourth-order valence-corrected chi connectivity index (χ4v) is 6.20. The highest BCUT2D eigenvalue weighted by atomic mass is 32.2. The maximum Gasteiger partial charge on any atom is 0.269 e. The van der Waals surface area contributed by atoms with Crippen LogP contribution in [0, 0.1) is 18.3 Å². The molecule has 1 aliphatic carbocycles. The van der Waals surface area contributed by atoms with E-state index in [4.69, 9.17) is 5.26 Å². The van der Waals surface area contributed by atoms with Crippen molar-refractivity contribution in [2.24, 2.45) is 0 Å². The first-order valence-corrected chi connectivity index (χ1v) is 12.5. The van der Waals surface area contributed by atoms with Crippen LogP contribution in [0.5, 0.6) is 0 Å². The molecule has 9 nitrogen and oxygen atoms in total. The maximum atomic E-state index is 13.3. The average Bonchev–Trinajstić information content (AvgIpc) is 3.63. The number of aromatic nitrogens is 6. The van der Waals surface area contributed by atoms with Gasteiger partial charge in [-0.1, -0.05) is 17.7 Å². The summed E-state index contributed by atoms with van der Waals surface area (Å²) < 4.78 is 31.9. The van der Waals surface area contributed by atoms with Gasteiger partial charge in [-0.2, -0.15) is 5.26 Å². The molecule has 4 heterocycles. The van der Waals surface area contributed by atoms with Crippen molar-refractivity contribution in [3.8, 4) is 6.07 Å². The normalized spacial score (nSPS) is 18.6. The van der Waals surface area contributed by atoms with E-state index in [1.165, 1.54) is 10.2 Å². The highest BCUT2D eigenvalue weighted by molar-refractivity contribution is 7.90. The zero-order valence-corrected chi connectivity index (χ0v) is 19.2. The molecule has 0 spiro atoms. The number of hydrogen-bond donors (Lipinski definition) is 0. The van der Waals surface area contributed by atoms with E-state index < -0.39 is 10.0 Å². The fraction of sp³-hybridized carbons (Fsp3) is 0.250. The van der Waals surface area contributed by atoms with Crippen LogP contribution in [-0.4, -0.2) is 36.5 Å². The molecule has 0 amide bonds. The zero-order valence-electron chi connectivity index (χ0n) is 18.4. The first-order valence-electron chi connectivity index (χ1n) is 11.1. The number of nitriles is 1. The molecule has 2 atom stereocenters. The van der Waals surface area contributed by atoms with Crippen molar-refractivity contribution in [2.45, 2.75) is 43.0 Å². The van der Waals surface area contributed by atoms with Crippen LogP contribution in [0.2, 0.25) is 0 Å². The van der Waals surface area contributed by atoms with Gasteiger partial charge in [0, 0.05) is 30.6 Å². The summed E-state index contributed by atoms with van der Waals surface area (Å²) in [5, 5.41) is 17.9. The van der Waals surface area contributed by atoms with Gasteiger partial charge in [-0.25, -0.2) is 17.4 Å². The Morgan fingerprint density at radius 2 is 1.88 bits per heavy atom. The van der Waals surface area contributed by atoms with Gasteiger partial charge < -0.3 is 4.57 Å². The molecule has 170 valence electrons. The quantitative estimate of drug-likeness (QED) is 0.394. The second kappa shape index (κ2) is 7.53. The average molecular weight is 472 g/mol.